The maximum Gasteiger partial charge on any atom is 0.356 e. The van der Waals surface area contributed by atoms with Gasteiger partial charge in [0.1, 0.15) is 6.79 Å². The molecule has 66 valence electrons. The molecule has 4 nitrogen and oxygen atoms in total. The van der Waals surface area contributed by atoms with Crippen molar-refractivity contribution >= 4 is 19.7 Å². The van der Waals surface area contributed by atoms with E-state index in [4.69, 9.17) is 14.6 Å². The summed E-state index contributed by atoms with van der Waals surface area (Å²) in [5.74, 6) is 0. The molecule has 0 aliphatic heterocycles. The molecule has 0 saturated carbocycles. The molecule has 0 heterocycles. The van der Waals surface area contributed by atoms with Crippen molar-refractivity contribution in [3.05, 3.63) is 30.3 Å². The van der Waals surface area contributed by atoms with Gasteiger partial charge in [-0.15, -0.1) is 0 Å². The first-order valence-electron chi connectivity index (χ1n) is 3.01. The highest BCUT2D eigenvalue weighted by Crippen LogP contribution is 2.32. The fourth-order valence-electron chi connectivity index (χ4n) is 0.622. The molecule has 12 heavy (non-hydrogen) atoms. The largest absolute Gasteiger partial charge is 0.356 e. The summed E-state index contributed by atoms with van der Waals surface area (Å²) in [5.41, 5.74) is 0. The summed E-state index contributed by atoms with van der Waals surface area (Å²) < 4.78 is 10.5. The number of rotatable bonds is 1. The van der Waals surface area contributed by atoms with Crippen LogP contribution in [0.5, 0.6) is 0 Å². The van der Waals surface area contributed by atoms with Gasteiger partial charge < -0.3 is 14.6 Å². The Balaban J connectivity index is 0.000000561. The zero-order chi connectivity index (χ0) is 9.61. The van der Waals surface area contributed by atoms with E-state index >= 15 is 0 Å². The molecule has 0 aromatic heterocycles. The minimum atomic E-state index is -4.02. The lowest BCUT2D eigenvalue weighted by atomic mass is 10.4. The van der Waals surface area contributed by atoms with Crippen LogP contribution in [-0.4, -0.2) is 16.6 Å². The van der Waals surface area contributed by atoms with E-state index in [2.05, 4.69) is 0 Å². The third-order valence-electron chi connectivity index (χ3n) is 1.09. The number of benzene rings is 1. The van der Waals surface area contributed by atoms with E-state index in [9.17, 15) is 4.57 Å². The SMILES string of the molecule is C=O.O=P(O)(O)c1ccccc1. The number of hydrogen-bond donors (Lipinski definition) is 2. The topological polar surface area (TPSA) is 74.6 Å². The molecule has 0 radical (unpaired) electrons. The fourth-order valence-corrected chi connectivity index (χ4v) is 1.18. The molecule has 2 N–H and O–H groups in total. The Hall–Kier alpha value is -0.960. The van der Waals surface area contributed by atoms with Crippen LogP contribution in [0.15, 0.2) is 30.3 Å². The van der Waals surface area contributed by atoms with Crippen molar-refractivity contribution in [1.29, 1.82) is 0 Å². The van der Waals surface area contributed by atoms with Gasteiger partial charge in [-0.1, -0.05) is 18.2 Å². The lowest BCUT2D eigenvalue weighted by Crippen LogP contribution is -2.01. The van der Waals surface area contributed by atoms with E-state index in [1.54, 1.807) is 18.2 Å². The average Bonchev–Trinajstić information content (AvgIpc) is 2.08. The van der Waals surface area contributed by atoms with Crippen LogP contribution in [0.25, 0.3) is 0 Å². The predicted octanol–water partition coefficient (Wildman–Crippen LogP) is 0.305. The summed E-state index contributed by atoms with van der Waals surface area (Å²) in [4.78, 5) is 25.2. The van der Waals surface area contributed by atoms with Crippen LogP contribution in [0.1, 0.15) is 0 Å². The Morgan fingerprint density at radius 1 is 1.08 bits per heavy atom. The predicted molar refractivity (Wildman–Crippen MR) is 45.2 cm³/mol. The van der Waals surface area contributed by atoms with Gasteiger partial charge in [-0.3, -0.25) is 4.57 Å². The Morgan fingerprint density at radius 3 is 1.75 bits per heavy atom. The summed E-state index contributed by atoms with van der Waals surface area (Å²) >= 11 is 0. The first kappa shape index (κ1) is 11.0. The lowest BCUT2D eigenvalue weighted by Gasteiger charge is -2.00. The standard InChI is InChI=1S/C6H7O3P.CH2O/c7-10(8,9)6-4-2-1-3-5-6;1-2/h1-5H,(H2,7,8,9);1H2. The Kier molecular flexibility index (Phi) is 4.44. The van der Waals surface area contributed by atoms with E-state index in [1.165, 1.54) is 12.1 Å². The van der Waals surface area contributed by atoms with Crippen LogP contribution in [0.4, 0.5) is 0 Å². The highest BCUT2D eigenvalue weighted by atomic mass is 31.2. The van der Waals surface area contributed by atoms with E-state index in [0.29, 0.717) is 0 Å². The monoisotopic (exact) mass is 188 g/mol. The first-order valence-corrected chi connectivity index (χ1v) is 4.62. The normalized spacial score (nSPS) is 9.83. The van der Waals surface area contributed by atoms with Gasteiger partial charge in [0, 0.05) is 0 Å². The van der Waals surface area contributed by atoms with E-state index in [1.807, 2.05) is 6.79 Å². The highest BCUT2D eigenvalue weighted by Gasteiger charge is 2.14. The molecule has 0 saturated heterocycles. The van der Waals surface area contributed by atoms with Crippen LogP contribution in [-0.2, 0) is 9.36 Å². The van der Waals surface area contributed by atoms with Crippen molar-refractivity contribution in [3.8, 4) is 0 Å². The quantitative estimate of drug-likeness (QED) is 0.621. The summed E-state index contributed by atoms with van der Waals surface area (Å²) in [5, 5.41) is 0.0648. The molecule has 0 fully saturated rings. The molecule has 0 atom stereocenters. The van der Waals surface area contributed by atoms with Gasteiger partial charge in [0.05, 0.1) is 5.30 Å². The van der Waals surface area contributed by atoms with Gasteiger partial charge in [0.15, 0.2) is 0 Å². The molecule has 0 aliphatic carbocycles. The molecular formula is C7H9O4P. The minimum absolute atomic E-state index is 0.0648. The minimum Gasteiger partial charge on any atom is -0.321 e. The van der Waals surface area contributed by atoms with Crippen molar-refractivity contribution in [3.63, 3.8) is 0 Å². The van der Waals surface area contributed by atoms with Gasteiger partial charge in [0.25, 0.3) is 0 Å². The molecule has 0 unspecified atom stereocenters. The number of carbonyl (C=O) groups excluding carboxylic acids is 1. The molecule has 0 spiro atoms. The summed E-state index contributed by atoms with van der Waals surface area (Å²) in [7, 11) is -4.02. The van der Waals surface area contributed by atoms with Crippen LogP contribution < -0.4 is 5.30 Å². The summed E-state index contributed by atoms with van der Waals surface area (Å²) in [6.45, 7) is 2.00. The van der Waals surface area contributed by atoms with Gasteiger partial charge in [-0.25, -0.2) is 0 Å². The van der Waals surface area contributed by atoms with Crippen molar-refractivity contribution in [2.24, 2.45) is 0 Å². The first-order chi connectivity index (χ1) is 5.61. The molecule has 1 rings (SSSR count). The van der Waals surface area contributed by atoms with Crippen LogP contribution in [0.2, 0.25) is 0 Å². The van der Waals surface area contributed by atoms with Gasteiger partial charge >= 0.3 is 7.60 Å². The Morgan fingerprint density at radius 2 is 1.50 bits per heavy atom. The summed E-state index contributed by atoms with van der Waals surface area (Å²) in [6.07, 6.45) is 0. The van der Waals surface area contributed by atoms with Gasteiger partial charge in [-0.05, 0) is 12.1 Å². The second-order valence-corrected chi connectivity index (χ2v) is 3.48. The number of carbonyl (C=O) groups is 1. The molecule has 1 aromatic carbocycles. The van der Waals surface area contributed by atoms with E-state index < -0.39 is 7.60 Å². The smallest absolute Gasteiger partial charge is 0.321 e. The third kappa shape index (κ3) is 3.44. The molecule has 1 aromatic rings. The van der Waals surface area contributed by atoms with Crippen molar-refractivity contribution in [2.45, 2.75) is 0 Å². The number of hydrogen-bond acceptors (Lipinski definition) is 2. The fraction of sp³-hybridized carbons (Fsp3) is 0. The third-order valence-corrected chi connectivity index (χ3v) is 2.06. The van der Waals surface area contributed by atoms with Crippen molar-refractivity contribution in [2.75, 3.05) is 0 Å². The highest BCUT2D eigenvalue weighted by molar-refractivity contribution is 7.60. The molecule has 0 bridgehead atoms. The average molecular weight is 188 g/mol. The van der Waals surface area contributed by atoms with Crippen molar-refractivity contribution < 1.29 is 19.1 Å². The zero-order valence-corrected chi connectivity index (χ0v) is 7.15. The molecule has 5 heteroatoms. The summed E-state index contributed by atoms with van der Waals surface area (Å²) in [6, 6.07) is 7.70. The van der Waals surface area contributed by atoms with Crippen molar-refractivity contribution in [1.82, 2.24) is 0 Å². The second kappa shape index (κ2) is 4.83. The maximum atomic E-state index is 10.5. The van der Waals surface area contributed by atoms with Crippen LogP contribution in [0, 0.1) is 0 Å². The maximum absolute atomic E-state index is 10.5. The molecule has 0 aliphatic rings. The van der Waals surface area contributed by atoms with Crippen LogP contribution >= 0.6 is 7.60 Å². The van der Waals surface area contributed by atoms with Gasteiger partial charge in [-0.2, -0.15) is 0 Å². The lowest BCUT2D eigenvalue weighted by molar-refractivity contribution is -0.0979. The second-order valence-electron chi connectivity index (χ2n) is 1.88. The molecule has 0 amide bonds. The zero-order valence-electron chi connectivity index (χ0n) is 6.25. The Labute approximate surface area is 70.0 Å². The Bertz CT molecular complexity index is 266. The molecular weight excluding hydrogens is 179 g/mol. The van der Waals surface area contributed by atoms with E-state index in [0.717, 1.165) is 0 Å². The van der Waals surface area contributed by atoms with Gasteiger partial charge in [0.2, 0.25) is 0 Å². The van der Waals surface area contributed by atoms with E-state index in [-0.39, 0.29) is 5.30 Å². The van der Waals surface area contributed by atoms with Crippen LogP contribution in [0.3, 0.4) is 0 Å².